The van der Waals surface area contributed by atoms with E-state index in [9.17, 15) is 0 Å². The van der Waals surface area contributed by atoms with Gasteiger partial charge in [0.1, 0.15) is 6.10 Å². The maximum atomic E-state index is 6.13. The first-order chi connectivity index (χ1) is 11.4. The fraction of sp³-hybridized carbons (Fsp3) is 1.00. The van der Waals surface area contributed by atoms with Gasteiger partial charge in [-0.05, 0) is 26.2 Å². The molecule has 0 aromatic rings. The van der Waals surface area contributed by atoms with E-state index < -0.39 is 8.38 Å². The van der Waals surface area contributed by atoms with Crippen molar-refractivity contribution < 1.29 is 23.3 Å². The zero-order valence-corrected chi connectivity index (χ0v) is 17.0. The SMILES string of the molecule is CCC1OC(C)CC1OP(C)OCC1OC(C)CC1OCC(C)C. The zero-order valence-electron chi connectivity index (χ0n) is 16.1. The van der Waals surface area contributed by atoms with E-state index in [2.05, 4.69) is 34.6 Å². The van der Waals surface area contributed by atoms with Gasteiger partial charge in [-0.15, -0.1) is 0 Å². The summed E-state index contributed by atoms with van der Waals surface area (Å²) in [6, 6.07) is 0. The van der Waals surface area contributed by atoms with E-state index in [-0.39, 0.29) is 36.6 Å². The molecule has 142 valence electrons. The smallest absolute Gasteiger partial charge is 0.167 e. The van der Waals surface area contributed by atoms with Gasteiger partial charge in [-0.3, -0.25) is 0 Å². The summed E-state index contributed by atoms with van der Waals surface area (Å²) >= 11 is 0. The van der Waals surface area contributed by atoms with Gasteiger partial charge >= 0.3 is 0 Å². The molecule has 0 aromatic heterocycles. The van der Waals surface area contributed by atoms with Crippen LogP contribution in [-0.4, -0.2) is 56.5 Å². The minimum atomic E-state index is -0.930. The van der Waals surface area contributed by atoms with Crippen molar-refractivity contribution in [2.24, 2.45) is 5.92 Å². The third kappa shape index (κ3) is 6.19. The summed E-state index contributed by atoms with van der Waals surface area (Å²) in [5, 5.41) is 0. The third-order valence-corrected chi connectivity index (χ3v) is 5.60. The molecule has 2 heterocycles. The quantitative estimate of drug-likeness (QED) is 0.577. The van der Waals surface area contributed by atoms with Gasteiger partial charge in [0.05, 0.1) is 37.1 Å². The maximum Gasteiger partial charge on any atom is 0.167 e. The van der Waals surface area contributed by atoms with E-state index in [0.29, 0.717) is 12.5 Å². The Morgan fingerprint density at radius 3 is 2.29 bits per heavy atom. The standard InChI is InChI=1S/C18H35O5P/c1-7-15-17(9-14(5)21-15)23-24(6)20-11-18-16(8-13(4)22-18)19-10-12(2)3/h12-18H,7-11H2,1-6H3. The lowest BCUT2D eigenvalue weighted by atomic mass is 10.1. The average Bonchev–Trinajstić information content (AvgIpc) is 3.05. The minimum Gasteiger partial charge on any atom is -0.375 e. The molecule has 2 rings (SSSR count). The monoisotopic (exact) mass is 362 g/mol. The van der Waals surface area contributed by atoms with Crippen LogP contribution in [0.15, 0.2) is 0 Å². The molecule has 7 unspecified atom stereocenters. The van der Waals surface area contributed by atoms with E-state index in [1.54, 1.807) is 0 Å². The highest BCUT2D eigenvalue weighted by Crippen LogP contribution is 2.41. The molecule has 2 aliphatic rings. The Morgan fingerprint density at radius 1 is 1.04 bits per heavy atom. The Balaban J connectivity index is 1.74. The van der Waals surface area contributed by atoms with Crippen LogP contribution in [0.25, 0.3) is 0 Å². The second-order valence-electron chi connectivity index (χ2n) is 7.49. The highest BCUT2D eigenvalue weighted by molar-refractivity contribution is 7.46. The van der Waals surface area contributed by atoms with E-state index in [1.807, 2.05) is 6.66 Å². The lowest BCUT2D eigenvalue weighted by Crippen LogP contribution is -2.30. The van der Waals surface area contributed by atoms with Crippen LogP contribution >= 0.6 is 8.38 Å². The number of ether oxygens (including phenoxy) is 3. The summed E-state index contributed by atoms with van der Waals surface area (Å²) < 4.78 is 30.0. The van der Waals surface area contributed by atoms with Crippen LogP contribution in [0.5, 0.6) is 0 Å². The summed E-state index contributed by atoms with van der Waals surface area (Å²) in [7, 11) is -0.930. The Labute approximate surface area is 148 Å². The second kappa shape index (κ2) is 9.80. The molecule has 0 saturated carbocycles. The number of hydrogen-bond donors (Lipinski definition) is 0. The summed E-state index contributed by atoms with van der Waals surface area (Å²) in [5.41, 5.74) is 0. The van der Waals surface area contributed by atoms with Crippen LogP contribution in [0.2, 0.25) is 0 Å². The molecule has 7 atom stereocenters. The van der Waals surface area contributed by atoms with Crippen molar-refractivity contribution in [1.29, 1.82) is 0 Å². The largest absolute Gasteiger partial charge is 0.375 e. The lowest BCUT2D eigenvalue weighted by Gasteiger charge is -2.24. The fourth-order valence-corrected chi connectivity index (χ4v) is 4.37. The van der Waals surface area contributed by atoms with Crippen LogP contribution in [0, 0.1) is 5.92 Å². The normalized spacial score (nSPS) is 38.1. The zero-order chi connectivity index (χ0) is 17.7. The lowest BCUT2D eigenvalue weighted by molar-refractivity contribution is -0.0467. The van der Waals surface area contributed by atoms with Crippen molar-refractivity contribution in [3.05, 3.63) is 0 Å². The molecule has 0 N–H and O–H groups in total. The van der Waals surface area contributed by atoms with Gasteiger partial charge in [0, 0.05) is 26.1 Å². The fourth-order valence-electron chi connectivity index (χ4n) is 3.35. The molecule has 5 nitrogen and oxygen atoms in total. The van der Waals surface area contributed by atoms with Crippen molar-refractivity contribution in [3.8, 4) is 0 Å². The third-order valence-electron chi connectivity index (χ3n) is 4.52. The summed E-state index contributed by atoms with van der Waals surface area (Å²) in [6.45, 7) is 14.0. The van der Waals surface area contributed by atoms with Gasteiger partial charge in [0.15, 0.2) is 8.38 Å². The van der Waals surface area contributed by atoms with Crippen LogP contribution in [0.4, 0.5) is 0 Å². The van der Waals surface area contributed by atoms with E-state index >= 15 is 0 Å². The molecule has 24 heavy (non-hydrogen) atoms. The van der Waals surface area contributed by atoms with Crippen LogP contribution in [0.3, 0.4) is 0 Å². The highest BCUT2D eigenvalue weighted by atomic mass is 31.2. The van der Waals surface area contributed by atoms with Gasteiger partial charge in [0.25, 0.3) is 0 Å². The molecule has 0 bridgehead atoms. The summed E-state index contributed by atoms with van der Waals surface area (Å²) in [5.74, 6) is 0.532. The molecule has 0 aliphatic carbocycles. The Bertz CT molecular complexity index is 367. The predicted molar refractivity (Wildman–Crippen MR) is 96.4 cm³/mol. The van der Waals surface area contributed by atoms with E-state index in [0.717, 1.165) is 25.9 Å². The van der Waals surface area contributed by atoms with Gasteiger partial charge in [-0.1, -0.05) is 20.8 Å². The number of hydrogen-bond acceptors (Lipinski definition) is 5. The van der Waals surface area contributed by atoms with Crippen molar-refractivity contribution in [3.63, 3.8) is 0 Å². The van der Waals surface area contributed by atoms with E-state index in [1.165, 1.54) is 0 Å². The van der Waals surface area contributed by atoms with Crippen molar-refractivity contribution in [2.45, 2.75) is 90.5 Å². The van der Waals surface area contributed by atoms with Crippen LogP contribution in [0.1, 0.15) is 53.9 Å². The molecule has 0 spiro atoms. The molecule has 2 aliphatic heterocycles. The predicted octanol–water partition coefficient (Wildman–Crippen LogP) is 4.14. The highest BCUT2D eigenvalue weighted by Gasteiger charge is 2.36. The topological polar surface area (TPSA) is 46.2 Å². The van der Waals surface area contributed by atoms with Crippen molar-refractivity contribution in [2.75, 3.05) is 19.9 Å². The Hall–Kier alpha value is 0.230. The molecular formula is C18H35O5P. The van der Waals surface area contributed by atoms with Crippen LogP contribution in [-0.2, 0) is 23.3 Å². The molecule has 2 fully saturated rings. The Morgan fingerprint density at radius 2 is 1.67 bits per heavy atom. The van der Waals surface area contributed by atoms with E-state index in [4.69, 9.17) is 23.3 Å². The minimum absolute atomic E-state index is 0.00743. The summed E-state index contributed by atoms with van der Waals surface area (Å²) in [4.78, 5) is 0. The van der Waals surface area contributed by atoms with Gasteiger partial charge in [0.2, 0.25) is 0 Å². The molecule has 6 heteroatoms. The first kappa shape index (κ1) is 20.5. The first-order valence-electron chi connectivity index (χ1n) is 9.34. The molecule has 0 radical (unpaired) electrons. The molecular weight excluding hydrogens is 327 g/mol. The molecule has 0 aromatic carbocycles. The maximum absolute atomic E-state index is 6.13. The van der Waals surface area contributed by atoms with Crippen molar-refractivity contribution in [1.82, 2.24) is 0 Å². The summed E-state index contributed by atoms with van der Waals surface area (Å²) in [6.07, 6.45) is 3.85. The van der Waals surface area contributed by atoms with Crippen LogP contribution < -0.4 is 0 Å². The average molecular weight is 362 g/mol. The van der Waals surface area contributed by atoms with Crippen molar-refractivity contribution >= 4 is 8.38 Å². The molecule has 0 amide bonds. The number of rotatable bonds is 9. The Kier molecular flexibility index (Phi) is 8.39. The second-order valence-corrected chi connectivity index (χ2v) is 8.84. The van der Waals surface area contributed by atoms with Gasteiger partial charge in [-0.2, -0.15) is 0 Å². The first-order valence-corrected chi connectivity index (χ1v) is 11.0. The van der Waals surface area contributed by atoms with Gasteiger partial charge < -0.3 is 23.3 Å². The molecule has 2 saturated heterocycles. The van der Waals surface area contributed by atoms with Gasteiger partial charge in [-0.25, -0.2) is 0 Å².